The van der Waals surface area contributed by atoms with Gasteiger partial charge in [0.2, 0.25) is 0 Å². The summed E-state index contributed by atoms with van der Waals surface area (Å²) in [4.78, 5) is 7.24. The van der Waals surface area contributed by atoms with Gasteiger partial charge in [-0.05, 0) is 44.2 Å². The molecule has 5 rings (SSSR count). The fraction of sp³-hybridized carbons (Fsp3) is 0.316. The van der Waals surface area contributed by atoms with Crippen LogP contribution in [0.3, 0.4) is 0 Å². The Morgan fingerprint density at radius 1 is 1.15 bits per heavy atom. The minimum Gasteiger partial charge on any atom is -0.372 e. The maximum atomic E-state index is 5.88. The predicted molar refractivity (Wildman–Crippen MR) is 100 cm³/mol. The van der Waals surface area contributed by atoms with Crippen molar-refractivity contribution in [2.45, 2.75) is 26.1 Å². The van der Waals surface area contributed by atoms with E-state index >= 15 is 0 Å². The molecule has 2 unspecified atom stereocenters. The Balaban J connectivity index is 1.65. The molecule has 0 amide bonds. The number of H-pyrrole nitrogens is 1. The summed E-state index contributed by atoms with van der Waals surface area (Å²) < 4.78 is 7.79. The van der Waals surface area contributed by atoms with E-state index in [2.05, 4.69) is 41.1 Å². The number of morpholine rings is 1. The Labute approximate surface area is 150 Å². The first kappa shape index (κ1) is 15.3. The van der Waals surface area contributed by atoms with Crippen molar-refractivity contribution in [2.75, 3.05) is 18.0 Å². The number of rotatable bonds is 2. The molecule has 0 radical (unpaired) electrons. The van der Waals surface area contributed by atoms with E-state index in [9.17, 15) is 0 Å². The van der Waals surface area contributed by atoms with Crippen LogP contribution in [0.1, 0.15) is 13.8 Å². The van der Waals surface area contributed by atoms with Crippen LogP contribution in [0.15, 0.2) is 42.7 Å². The van der Waals surface area contributed by atoms with Crippen molar-refractivity contribution in [1.82, 2.24) is 24.8 Å². The van der Waals surface area contributed by atoms with Crippen LogP contribution >= 0.6 is 0 Å². The molecule has 26 heavy (non-hydrogen) atoms. The van der Waals surface area contributed by atoms with Gasteiger partial charge in [-0.1, -0.05) is 0 Å². The van der Waals surface area contributed by atoms with Gasteiger partial charge in [0.25, 0.3) is 0 Å². The fourth-order valence-electron chi connectivity index (χ4n) is 3.71. The summed E-state index contributed by atoms with van der Waals surface area (Å²) in [6.45, 7) is 5.85. The molecular weight excluding hydrogens is 328 g/mol. The van der Waals surface area contributed by atoms with E-state index in [1.807, 2.05) is 35.1 Å². The van der Waals surface area contributed by atoms with E-state index in [0.29, 0.717) is 5.82 Å². The lowest BCUT2D eigenvalue weighted by atomic mass is 10.1. The van der Waals surface area contributed by atoms with Crippen molar-refractivity contribution in [2.24, 2.45) is 0 Å². The predicted octanol–water partition coefficient (Wildman–Crippen LogP) is 2.89. The maximum absolute atomic E-state index is 5.88. The third kappa shape index (κ3) is 2.52. The third-order valence-electron chi connectivity index (χ3n) is 4.79. The number of aromatic nitrogens is 5. The highest BCUT2D eigenvalue weighted by molar-refractivity contribution is 5.83. The van der Waals surface area contributed by atoms with Crippen molar-refractivity contribution < 1.29 is 4.74 Å². The van der Waals surface area contributed by atoms with Gasteiger partial charge in [0.15, 0.2) is 11.6 Å². The largest absolute Gasteiger partial charge is 0.372 e. The Morgan fingerprint density at radius 3 is 2.85 bits per heavy atom. The summed E-state index contributed by atoms with van der Waals surface area (Å²) in [5.74, 6) is 1.66. The maximum Gasteiger partial charge on any atom is 0.182 e. The molecule has 0 spiro atoms. The zero-order valence-electron chi connectivity index (χ0n) is 14.8. The van der Waals surface area contributed by atoms with Crippen LogP contribution in [0, 0.1) is 0 Å². The summed E-state index contributed by atoms with van der Waals surface area (Å²) >= 11 is 0. The fourth-order valence-corrected chi connectivity index (χ4v) is 3.71. The van der Waals surface area contributed by atoms with Gasteiger partial charge in [-0.25, -0.2) is 9.50 Å². The molecule has 0 bridgehead atoms. The van der Waals surface area contributed by atoms with Gasteiger partial charge in [-0.2, -0.15) is 5.10 Å². The van der Waals surface area contributed by atoms with Gasteiger partial charge in [-0.15, -0.1) is 5.10 Å². The van der Waals surface area contributed by atoms with Gasteiger partial charge < -0.3 is 9.64 Å². The van der Waals surface area contributed by atoms with Crippen molar-refractivity contribution >= 4 is 22.2 Å². The Hall–Kier alpha value is -2.93. The summed E-state index contributed by atoms with van der Waals surface area (Å²) in [5, 5.41) is 12.8. The van der Waals surface area contributed by atoms with Gasteiger partial charge >= 0.3 is 0 Å². The highest BCUT2D eigenvalue weighted by atomic mass is 16.5. The summed E-state index contributed by atoms with van der Waals surface area (Å²) in [6.07, 6.45) is 4.14. The molecule has 3 aromatic heterocycles. The van der Waals surface area contributed by atoms with Crippen LogP contribution in [0.25, 0.3) is 27.8 Å². The number of hydrogen-bond acceptors (Lipinski definition) is 5. The van der Waals surface area contributed by atoms with E-state index in [1.165, 1.54) is 0 Å². The molecule has 7 heteroatoms. The number of nitrogens with zero attached hydrogens (tertiary/aromatic N) is 5. The number of hydrogen-bond donors (Lipinski definition) is 1. The Morgan fingerprint density at radius 2 is 2.00 bits per heavy atom. The lowest BCUT2D eigenvalue weighted by Crippen LogP contribution is -2.46. The molecule has 1 aliphatic heterocycles. The number of fused-ring (bicyclic) bond motifs is 2. The first-order chi connectivity index (χ1) is 12.7. The minimum atomic E-state index is 0.175. The third-order valence-corrected chi connectivity index (χ3v) is 4.79. The average molecular weight is 348 g/mol. The van der Waals surface area contributed by atoms with Crippen molar-refractivity contribution in [3.8, 4) is 11.4 Å². The molecule has 4 aromatic rings. The molecule has 2 atom stereocenters. The Kier molecular flexibility index (Phi) is 3.43. The minimum absolute atomic E-state index is 0.175. The monoisotopic (exact) mass is 348 g/mol. The number of aromatic amines is 1. The topological polar surface area (TPSA) is 71.3 Å². The molecule has 1 aromatic carbocycles. The molecule has 7 nitrogen and oxygen atoms in total. The highest BCUT2D eigenvalue weighted by Crippen LogP contribution is 2.27. The second kappa shape index (κ2) is 5.81. The molecule has 1 aliphatic rings. The van der Waals surface area contributed by atoms with E-state index in [1.54, 1.807) is 0 Å². The van der Waals surface area contributed by atoms with Gasteiger partial charge in [-0.3, -0.25) is 5.10 Å². The molecule has 132 valence electrons. The van der Waals surface area contributed by atoms with Gasteiger partial charge in [0.05, 0.1) is 23.9 Å². The normalized spacial score (nSPS) is 20.9. The first-order valence-electron chi connectivity index (χ1n) is 8.87. The molecule has 0 saturated carbocycles. The van der Waals surface area contributed by atoms with Gasteiger partial charge in [0.1, 0.15) is 5.52 Å². The molecular formula is C19H20N6O. The number of anilines is 1. The summed E-state index contributed by atoms with van der Waals surface area (Å²) in [7, 11) is 0. The summed E-state index contributed by atoms with van der Waals surface area (Å²) in [5.41, 5.74) is 3.00. The Bertz CT molecular complexity index is 1070. The first-order valence-corrected chi connectivity index (χ1v) is 8.87. The number of benzene rings is 1. The van der Waals surface area contributed by atoms with Crippen LogP contribution in [-0.2, 0) is 4.74 Å². The second-order valence-electron chi connectivity index (χ2n) is 6.93. The van der Waals surface area contributed by atoms with Gasteiger partial charge in [0, 0.05) is 30.2 Å². The number of nitrogens with one attached hydrogen (secondary N) is 1. The van der Waals surface area contributed by atoms with E-state index in [-0.39, 0.29) is 12.2 Å². The van der Waals surface area contributed by atoms with Crippen molar-refractivity contribution in [3.63, 3.8) is 0 Å². The van der Waals surface area contributed by atoms with Crippen molar-refractivity contribution in [3.05, 3.63) is 42.7 Å². The lowest BCUT2D eigenvalue weighted by Gasteiger charge is -2.36. The quantitative estimate of drug-likeness (QED) is 0.603. The number of ether oxygens (including phenoxy) is 1. The lowest BCUT2D eigenvalue weighted by molar-refractivity contribution is -0.00539. The van der Waals surface area contributed by atoms with Crippen LogP contribution in [0.4, 0.5) is 5.82 Å². The molecule has 1 saturated heterocycles. The van der Waals surface area contributed by atoms with Crippen molar-refractivity contribution in [1.29, 1.82) is 0 Å². The molecule has 0 aliphatic carbocycles. The van der Waals surface area contributed by atoms with Crippen LogP contribution < -0.4 is 4.90 Å². The van der Waals surface area contributed by atoms with E-state index in [0.717, 1.165) is 40.9 Å². The zero-order chi connectivity index (χ0) is 17.7. The second-order valence-corrected chi connectivity index (χ2v) is 6.93. The average Bonchev–Trinajstić information content (AvgIpc) is 3.28. The van der Waals surface area contributed by atoms with Crippen LogP contribution in [-0.4, -0.2) is 50.1 Å². The SMILES string of the molecule is CC1CN(c2nc(-c3ccc4[nH]ncc4c3)nn3cccc23)CC(C)O1. The summed E-state index contributed by atoms with van der Waals surface area (Å²) in [6, 6.07) is 10.2. The van der Waals surface area contributed by atoms with E-state index in [4.69, 9.17) is 14.8 Å². The molecule has 1 N–H and O–H groups in total. The van der Waals surface area contributed by atoms with E-state index < -0.39 is 0 Å². The molecule has 1 fully saturated rings. The zero-order valence-corrected chi connectivity index (χ0v) is 14.8. The molecule has 4 heterocycles. The van der Waals surface area contributed by atoms with Crippen LogP contribution in [0.5, 0.6) is 0 Å². The van der Waals surface area contributed by atoms with Crippen LogP contribution in [0.2, 0.25) is 0 Å². The smallest absolute Gasteiger partial charge is 0.182 e. The standard InChI is InChI=1S/C19H20N6O/c1-12-10-24(11-13(2)26-12)19-17-4-3-7-25(17)23-18(21-19)14-5-6-16-15(8-14)9-20-22-16/h3-9,12-13H,10-11H2,1-2H3,(H,20,22). The highest BCUT2D eigenvalue weighted by Gasteiger charge is 2.25.